The van der Waals surface area contributed by atoms with Crippen LogP contribution in [0.5, 0.6) is 11.5 Å². The van der Waals surface area contributed by atoms with Crippen LogP contribution in [-0.2, 0) is 4.79 Å². The second-order valence-electron chi connectivity index (χ2n) is 6.01. The lowest BCUT2D eigenvalue weighted by Gasteiger charge is -2.21. The summed E-state index contributed by atoms with van der Waals surface area (Å²) in [7, 11) is 1.56. The van der Waals surface area contributed by atoms with Gasteiger partial charge in [0.1, 0.15) is 6.54 Å². The maximum absolute atomic E-state index is 12.6. The number of carboxylic acid groups (broad SMARTS) is 1. The zero-order chi connectivity index (χ0) is 17.5. The Morgan fingerprint density at radius 2 is 1.96 bits per heavy atom. The molecule has 24 heavy (non-hydrogen) atoms. The molecular weight excluding hydrogens is 310 g/mol. The van der Waals surface area contributed by atoms with Gasteiger partial charge in [-0.25, -0.2) is 0 Å². The van der Waals surface area contributed by atoms with E-state index in [4.69, 9.17) is 14.6 Å². The molecule has 0 radical (unpaired) electrons. The summed E-state index contributed by atoms with van der Waals surface area (Å²) in [6, 6.07) is 5.00. The normalized spacial score (nSPS) is 14.4. The number of carboxylic acids is 1. The van der Waals surface area contributed by atoms with Gasteiger partial charge in [0.25, 0.3) is 5.91 Å². The summed E-state index contributed by atoms with van der Waals surface area (Å²) in [6.07, 6.45) is 5.14. The van der Waals surface area contributed by atoms with Crippen molar-refractivity contribution in [3.05, 3.63) is 23.8 Å². The highest BCUT2D eigenvalue weighted by molar-refractivity contribution is 5.96. The number of carbonyl (C=O) groups excluding carboxylic acids is 1. The van der Waals surface area contributed by atoms with Gasteiger partial charge in [0.2, 0.25) is 0 Å². The van der Waals surface area contributed by atoms with Crippen molar-refractivity contribution in [2.24, 2.45) is 0 Å². The number of benzene rings is 1. The van der Waals surface area contributed by atoms with E-state index in [1.807, 2.05) is 6.92 Å². The first-order chi connectivity index (χ1) is 11.5. The Kier molecular flexibility index (Phi) is 6.46. The average Bonchev–Trinajstić information content (AvgIpc) is 3.06. The van der Waals surface area contributed by atoms with Gasteiger partial charge in [-0.1, -0.05) is 6.92 Å². The average molecular weight is 335 g/mol. The maximum Gasteiger partial charge on any atom is 0.323 e. The largest absolute Gasteiger partial charge is 0.493 e. The monoisotopic (exact) mass is 335 g/mol. The van der Waals surface area contributed by atoms with E-state index in [1.54, 1.807) is 25.3 Å². The highest BCUT2D eigenvalue weighted by Gasteiger charge is 2.22. The number of nitrogens with zero attached hydrogens (tertiary/aromatic N) is 1. The number of ether oxygens (including phenoxy) is 2. The van der Waals surface area contributed by atoms with Crippen molar-refractivity contribution in [1.29, 1.82) is 0 Å². The molecule has 6 heteroatoms. The molecule has 0 aromatic heterocycles. The topological polar surface area (TPSA) is 76.1 Å². The predicted molar refractivity (Wildman–Crippen MR) is 89.7 cm³/mol. The molecule has 6 nitrogen and oxygen atoms in total. The number of rotatable bonds is 8. The fraction of sp³-hybridized carbons (Fsp3) is 0.556. The van der Waals surface area contributed by atoms with Crippen molar-refractivity contribution < 1.29 is 24.2 Å². The van der Waals surface area contributed by atoms with Crippen LogP contribution < -0.4 is 9.47 Å². The van der Waals surface area contributed by atoms with Crippen LogP contribution in [0.4, 0.5) is 0 Å². The molecule has 1 aromatic rings. The van der Waals surface area contributed by atoms with Gasteiger partial charge in [0, 0.05) is 12.1 Å². The van der Waals surface area contributed by atoms with E-state index in [9.17, 15) is 9.59 Å². The second kappa shape index (κ2) is 8.57. The summed E-state index contributed by atoms with van der Waals surface area (Å²) < 4.78 is 11.3. The van der Waals surface area contributed by atoms with E-state index in [0.717, 1.165) is 25.7 Å². The van der Waals surface area contributed by atoms with E-state index >= 15 is 0 Å². The molecule has 0 heterocycles. The van der Waals surface area contributed by atoms with Crippen LogP contribution in [-0.4, -0.2) is 48.2 Å². The first kappa shape index (κ1) is 18.1. The van der Waals surface area contributed by atoms with E-state index in [-0.39, 0.29) is 18.6 Å². The van der Waals surface area contributed by atoms with Crippen molar-refractivity contribution in [3.8, 4) is 11.5 Å². The summed E-state index contributed by atoms with van der Waals surface area (Å²) in [6.45, 7) is 2.00. The molecule has 0 aliphatic heterocycles. The summed E-state index contributed by atoms with van der Waals surface area (Å²) >= 11 is 0. The molecule has 0 saturated heterocycles. The Labute approximate surface area is 142 Å². The highest BCUT2D eigenvalue weighted by atomic mass is 16.5. The number of hydrogen-bond acceptors (Lipinski definition) is 4. The Bertz CT molecular complexity index is 581. The summed E-state index contributed by atoms with van der Waals surface area (Å²) in [4.78, 5) is 24.9. The maximum atomic E-state index is 12.6. The van der Waals surface area contributed by atoms with Crippen LogP contribution in [0, 0.1) is 0 Å². The lowest BCUT2D eigenvalue weighted by Crippen LogP contribution is -2.36. The van der Waals surface area contributed by atoms with E-state index in [2.05, 4.69) is 0 Å². The third-order valence-corrected chi connectivity index (χ3v) is 4.11. The molecule has 0 unspecified atom stereocenters. The number of carbonyl (C=O) groups is 2. The van der Waals surface area contributed by atoms with Crippen LogP contribution in [0.3, 0.4) is 0 Å². The van der Waals surface area contributed by atoms with Gasteiger partial charge in [-0.05, 0) is 50.3 Å². The van der Waals surface area contributed by atoms with Gasteiger partial charge in [-0.3, -0.25) is 9.59 Å². The van der Waals surface area contributed by atoms with Gasteiger partial charge in [0.05, 0.1) is 13.2 Å². The number of aliphatic carboxylic acids is 1. The minimum Gasteiger partial charge on any atom is -0.493 e. The van der Waals surface area contributed by atoms with E-state index < -0.39 is 5.97 Å². The van der Waals surface area contributed by atoms with Crippen molar-refractivity contribution in [2.75, 3.05) is 20.2 Å². The first-order valence-electron chi connectivity index (χ1n) is 8.41. The van der Waals surface area contributed by atoms with Crippen molar-refractivity contribution in [1.82, 2.24) is 4.90 Å². The van der Waals surface area contributed by atoms with Crippen LogP contribution in [0.2, 0.25) is 0 Å². The van der Waals surface area contributed by atoms with Crippen LogP contribution in [0.1, 0.15) is 49.4 Å². The molecule has 1 aliphatic rings. The van der Waals surface area contributed by atoms with Gasteiger partial charge >= 0.3 is 5.97 Å². The van der Waals surface area contributed by atoms with Crippen LogP contribution in [0.25, 0.3) is 0 Å². The smallest absolute Gasteiger partial charge is 0.323 e. The fourth-order valence-electron chi connectivity index (χ4n) is 2.96. The van der Waals surface area contributed by atoms with E-state index in [0.29, 0.717) is 30.0 Å². The van der Waals surface area contributed by atoms with Crippen LogP contribution in [0.15, 0.2) is 18.2 Å². The van der Waals surface area contributed by atoms with Gasteiger partial charge in [-0.2, -0.15) is 0 Å². The molecule has 0 spiro atoms. The zero-order valence-electron chi connectivity index (χ0n) is 14.3. The molecule has 1 saturated carbocycles. The SMILES string of the molecule is CCCN(CC(=O)O)C(=O)c1ccc(OC)c(OC2CCCC2)c1. The third-order valence-electron chi connectivity index (χ3n) is 4.11. The summed E-state index contributed by atoms with van der Waals surface area (Å²) in [5.41, 5.74) is 0.415. The molecule has 0 bridgehead atoms. The fourth-order valence-corrected chi connectivity index (χ4v) is 2.96. The lowest BCUT2D eigenvalue weighted by molar-refractivity contribution is -0.137. The zero-order valence-corrected chi connectivity index (χ0v) is 14.3. The molecule has 0 atom stereocenters. The first-order valence-corrected chi connectivity index (χ1v) is 8.41. The Morgan fingerprint density at radius 3 is 2.54 bits per heavy atom. The van der Waals surface area contributed by atoms with Crippen molar-refractivity contribution >= 4 is 11.9 Å². The molecule has 2 rings (SSSR count). The van der Waals surface area contributed by atoms with Gasteiger partial charge in [-0.15, -0.1) is 0 Å². The summed E-state index contributed by atoms with van der Waals surface area (Å²) in [5.74, 6) is -0.202. The number of amides is 1. The molecule has 1 aliphatic carbocycles. The Hall–Kier alpha value is -2.24. The van der Waals surface area contributed by atoms with Crippen molar-refractivity contribution in [2.45, 2.75) is 45.1 Å². The minimum atomic E-state index is -1.02. The molecule has 1 aromatic carbocycles. The molecule has 132 valence electrons. The minimum absolute atomic E-state index is 0.148. The van der Waals surface area contributed by atoms with Crippen LogP contribution >= 0.6 is 0 Å². The van der Waals surface area contributed by atoms with Gasteiger partial charge in [0.15, 0.2) is 11.5 Å². The highest BCUT2D eigenvalue weighted by Crippen LogP contribution is 2.32. The predicted octanol–water partition coefficient (Wildman–Crippen LogP) is 2.95. The standard InChI is InChI=1S/C18H25NO5/c1-3-10-19(12-17(20)21)18(22)13-8-9-15(23-2)16(11-13)24-14-6-4-5-7-14/h8-9,11,14H,3-7,10,12H2,1-2H3,(H,20,21). The summed E-state index contributed by atoms with van der Waals surface area (Å²) in [5, 5.41) is 8.99. The van der Waals surface area contributed by atoms with E-state index in [1.165, 1.54) is 4.90 Å². The van der Waals surface area contributed by atoms with Crippen molar-refractivity contribution in [3.63, 3.8) is 0 Å². The molecular formula is C18H25NO5. The molecule has 1 N–H and O–H groups in total. The molecule has 1 fully saturated rings. The lowest BCUT2D eigenvalue weighted by atomic mass is 10.1. The second-order valence-corrected chi connectivity index (χ2v) is 6.01. The molecule has 1 amide bonds. The number of hydrogen-bond donors (Lipinski definition) is 1. The quantitative estimate of drug-likeness (QED) is 0.790. The Morgan fingerprint density at radius 1 is 1.25 bits per heavy atom. The van der Waals surface area contributed by atoms with Gasteiger partial charge < -0.3 is 19.5 Å². The Balaban J connectivity index is 2.21. The number of methoxy groups -OCH3 is 1. The third kappa shape index (κ3) is 4.63.